The zero-order valence-electron chi connectivity index (χ0n) is 14.4. The minimum Gasteiger partial charge on any atom is -0.354 e. The normalized spacial score (nSPS) is 13.5. The van der Waals surface area contributed by atoms with Crippen molar-refractivity contribution >= 4 is 23.4 Å². The molecule has 11 heteroatoms. The molecule has 3 rings (SSSR count). The van der Waals surface area contributed by atoms with Crippen LogP contribution in [-0.2, 0) is 24.1 Å². The zero-order chi connectivity index (χ0) is 20.6. The fourth-order valence-electron chi connectivity index (χ4n) is 2.85. The van der Waals surface area contributed by atoms with Crippen molar-refractivity contribution in [3.8, 4) is 0 Å². The van der Waals surface area contributed by atoms with Gasteiger partial charge < -0.3 is 20.5 Å². The molecule has 0 spiro atoms. The highest BCUT2D eigenvalue weighted by atomic mass is 19.4. The smallest absolute Gasteiger partial charge is 0.354 e. The summed E-state index contributed by atoms with van der Waals surface area (Å²) in [7, 11) is 1.38. The second kappa shape index (κ2) is 6.98. The number of alkyl halides is 3. The maximum Gasteiger partial charge on any atom is 0.416 e. The Balaban J connectivity index is 1.96. The van der Waals surface area contributed by atoms with Crippen LogP contribution < -0.4 is 16.0 Å². The van der Waals surface area contributed by atoms with Crippen molar-refractivity contribution in [2.45, 2.75) is 19.3 Å². The Bertz CT molecular complexity index is 982. The van der Waals surface area contributed by atoms with Gasteiger partial charge >= 0.3 is 6.18 Å². The molecule has 0 atom stereocenters. The molecule has 0 unspecified atom stereocenters. The number of nitrogens with zero attached hydrogens (tertiary/aromatic N) is 1. The van der Waals surface area contributed by atoms with E-state index in [1.807, 2.05) is 0 Å². The van der Waals surface area contributed by atoms with Gasteiger partial charge in [-0.1, -0.05) is 0 Å². The maximum atomic E-state index is 13.5. The summed E-state index contributed by atoms with van der Waals surface area (Å²) < 4.78 is 53.5. The molecule has 0 radical (unpaired) electrons. The van der Waals surface area contributed by atoms with Gasteiger partial charge in [-0.2, -0.15) is 13.2 Å². The summed E-state index contributed by atoms with van der Waals surface area (Å²) in [6.45, 7) is -0.158. The monoisotopic (exact) mass is 398 g/mol. The number of hydrogen-bond acceptors (Lipinski definition) is 3. The van der Waals surface area contributed by atoms with Gasteiger partial charge in [0.2, 0.25) is 5.91 Å². The Morgan fingerprint density at radius 1 is 1.14 bits per heavy atom. The third kappa shape index (κ3) is 3.68. The van der Waals surface area contributed by atoms with E-state index in [1.165, 1.54) is 17.7 Å². The second-order valence-corrected chi connectivity index (χ2v) is 6.01. The van der Waals surface area contributed by atoms with Crippen molar-refractivity contribution in [1.29, 1.82) is 0 Å². The average molecular weight is 398 g/mol. The summed E-state index contributed by atoms with van der Waals surface area (Å²) in [6, 6.07) is 2.80. The fourth-order valence-corrected chi connectivity index (χ4v) is 2.85. The number of carbonyl (C=O) groups excluding carboxylic acids is 3. The van der Waals surface area contributed by atoms with Crippen LogP contribution in [0.3, 0.4) is 0 Å². The van der Waals surface area contributed by atoms with Crippen LogP contribution in [0.1, 0.15) is 32.1 Å². The highest BCUT2D eigenvalue weighted by molar-refractivity contribution is 6.06. The van der Waals surface area contributed by atoms with Gasteiger partial charge in [-0.15, -0.1) is 0 Å². The molecule has 0 bridgehead atoms. The number of amides is 3. The number of carbonyl (C=O) groups is 3. The van der Waals surface area contributed by atoms with Crippen LogP contribution in [0.15, 0.2) is 24.3 Å². The van der Waals surface area contributed by atoms with Crippen LogP contribution in [0.25, 0.3) is 0 Å². The van der Waals surface area contributed by atoms with E-state index >= 15 is 0 Å². The summed E-state index contributed by atoms with van der Waals surface area (Å²) in [6.07, 6.45) is -4.82. The van der Waals surface area contributed by atoms with Gasteiger partial charge in [0.05, 0.1) is 23.5 Å². The molecule has 1 aliphatic rings. The molecular formula is C17H14F4N4O3. The summed E-state index contributed by atoms with van der Waals surface area (Å²) in [5.74, 6) is -3.05. The molecule has 2 heterocycles. The van der Waals surface area contributed by atoms with Crippen molar-refractivity contribution in [2.75, 3.05) is 12.4 Å². The summed E-state index contributed by atoms with van der Waals surface area (Å²) in [4.78, 5) is 36.0. The molecule has 0 saturated heterocycles. The molecule has 7 nitrogen and oxygen atoms in total. The maximum absolute atomic E-state index is 13.5. The van der Waals surface area contributed by atoms with Crippen molar-refractivity contribution in [3.05, 3.63) is 52.6 Å². The topological polar surface area (TPSA) is 92.2 Å². The van der Waals surface area contributed by atoms with Crippen molar-refractivity contribution in [1.82, 2.24) is 15.2 Å². The van der Waals surface area contributed by atoms with E-state index < -0.39 is 34.9 Å². The lowest BCUT2D eigenvalue weighted by molar-refractivity contribution is -0.137. The van der Waals surface area contributed by atoms with Crippen molar-refractivity contribution in [3.63, 3.8) is 0 Å². The largest absolute Gasteiger partial charge is 0.416 e. The minimum absolute atomic E-state index is 0.00237. The molecule has 148 valence electrons. The van der Waals surface area contributed by atoms with Gasteiger partial charge in [-0.25, -0.2) is 4.39 Å². The SMILES string of the molecule is CNC(=O)c1cc(NC(=O)c2cc(F)cc(C(F)(F)F)c2)c2n1CC(=O)NC2. The van der Waals surface area contributed by atoms with E-state index in [9.17, 15) is 31.9 Å². The second-order valence-electron chi connectivity index (χ2n) is 6.01. The average Bonchev–Trinajstić information content (AvgIpc) is 2.97. The van der Waals surface area contributed by atoms with E-state index in [2.05, 4.69) is 16.0 Å². The molecule has 0 saturated carbocycles. The Kier molecular flexibility index (Phi) is 4.84. The van der Waals surface area contributed by atoms with Crippen molar-refractivity contribution < 1.29 is 31.9 Å². The highest BCUT2D eigenvalue weighted by Crippen LogP contribution is 2.31. The van der Waals surface area contributed by atoms with Gasteiger partial charge in [0.15, 0.2) is 0 Å². The van der Waals surface area contributed by atoms with Crippen LogP contribution in [0.2, 0.25) is 0 Å². The standard InChI is InChI=1S/C17H14F4N4O3/c1-22-16(28)12-5-11(13-6-23-14(26)7-25(12)13)24-15(27)8-2-9(17(19,20)21)4-10(18)3-8/h2-5H,6-7H2,1H3,(H,22,28)(H,23,26)(H,24,27). The van der Waals surface area contributed by atoms with Gasteiger partial charge in [0.1, 0.15) is 18.1 Å². The van der Waals surface area contributed by atoms with Gasteiger partial charge in [0.25, 0.3) is 11.8 Å². The summed E-state index contributed by atoms with van der Waals surface area (Å²) in [5.41, 5.74) is -1.22. The zero-order valence-corrected chi connectivity index (χ0v) is 14.4. The van der Waals surface area contributed by atoms with E-state index in [0.29, 0.717) is 17.8 Å². The first kappa shape index (κ1) is 19.4. The summed E-state index contributed by atoms with van der Waals surface area (Å²) >= 11 is 0. The van der Waals surface area contributed by atoms with Crippen molar-refractivity contribution in [2.24, 2.45) is 0 Å². The first-order valence-corrected chi connectivity index (χ1v) is 8.00. The Labute approximate surface area is 155 Å². The van der Waals surface area contributed by atoms with Gasteiger partial charge in [-0.3, -0.25) is 14.4 Å². The molecule has 1 aliphatic heterocycles. The van der Waals surface area contributed by atoms with E-state index in [0.717, 1.165) is 0 Å². The number of fused-ring (bicyclic) bond motifs is 1. The number of benzene rings is 1. The quantitative estimate of drug-likeness (QED) is 0.690. The number of rotatable bonds is 3. The van der Waals surface area contributed by atoms with Crippen LogP contribution >= 0.6 is 0 Å². The molecule has 3 amide bonds. The number of nitrogens with one attached hydrogen (secondary N) is 3. The lowest BCUT2D eigenvalue weighted by Gasteiger charge is -2.19. The molecule has 1 aromatic carbocycles. The molecule has 1 aromatic heterocycles. The predicted octanol–water partition coefficient (Wildman–Crippen LogP) is 1.89. The Hall–Kier alpha value is -3.37. The Morgan fingerprint density at radius 3 is 2.50 bits per heavy atom. The molecule has 0 aliphatic carbocycles. The van der Waals surface area contributed by atoms with Gasteiger partial charge in [-0.05, 0) is 24.3 Å². The van der Waals surface area contributed by atoms with Crippen LogP contribution in [0.5, 0.6) is 0 Å². The van der Waals surface area contributed by atoms with Crippen LogP contribution in [0.4, 0.5) is 23.2 Å². The third-order valence-electron chi connectivity index (χ3n) is 4.16. The number of halogens is 4. The lowest BCUT2D eigenvalue weighted by atomic mass is 10.1. The molecule has 28 heavy (non-hydrogen) atoms. The van der Waals surface area contributed by atoms with Gasteiger partial charge in [0, 0.05) is 12.6 Å². The lowest BCUT2D eigenvalue weighted by Crippen LogP contribution is -2.36. The predicted molar refractivity (Wildman–Crippen MR) is 89.0 cm³/mol. The van der Waals surface area contributed by atoms with Crippen LogP contribution in [0, 0.1) is 5.82 Å². The fraction of sp³-hybridized carbons (Fsp3) is 0.235. The number of hydrogen-bond donors (Lipinski definition) is 3. The third-order valence-corrected chi connectivity index (χ3v) is 4.16. The highest BCUT2D eigenvalue weighted by Gasteiger charge is 2.32. The number of anilines is 1. The first-order chi connectivity index (χ1) is 13.1. The first-order valence-electron chi connectivity index (χ1n) is 8.00. The molecular weight excluding hydrogens is 384 g/mol. The van der Waals surface area contributed by atoms with E-state index in [4.69, 9.17) is 0 Å². The van der Waals surface area contributed by atoms with E-state index in [-0.39, 0.29) is 36.4 Å². The molecule has 3 N–H and O–H groups in total. The summed E-state index contributed by atoms with van der Waals surface area (Å²) in [5, 5.41) is 7.33. The Morgan fingerprint density at radius 2 is 1.86 bits per heavy atom. The number of aromatic nitrogens is 1. The van der Waals surface area contributed by atoms with Crippen LogP contribution in [-0.4, -0.2) is 29.3 Å². The minimum atomic E-state index is -4.82. The molecule has 0 fully saturated rings. The van der Waals surface area contributed by atoms with E-state index in [1.54, 1.807) is 0 Å². The molecule has 2 aromatic rings.